The highest BCUT2D eigenvalue weighted by Crippen LogP contribution is 2.28. The Morgan fingerprint density at radius 2 is 2.55 bits per heavy atom. The number of azide groups is 1. The van der Waals surface area contributed by atoms with Crippen LogP contribution in [0.25, 0.3) is 10.4 Å². The maximum Gasteiger partial charge on any atom is 0.357 e. The summed E-state index contributed by atoms with van der Waals surface area (Å²) < 4.78 is 4.85. The van der Waals surface area contributed by atoms with E-state index >= 15 is 0 Å². The summed E-state index contributed by atoms with van der Waals surface area (Å²) >= 11 is 1.22. The van der Waals surface area contributed by atoms with Crippen LogP contribution in [0.5, 0.6) is 0 Å². The van der Waals surface area contributed by atoms with Gasteiger partial charge >= 0.3 is 5.97 Å². The number of anilines is 1. The van der Waals surface area contributed by atoms with Crippen molar-refractivity contribution in [2.24, 2.45) is 11.0 Å². The second-order valence-electron chi connectivity index (χ2n) is 4.22. The zero-order chi connectivity index (χ0) is 14.5. The molecule has 0 radical (unpaired) electrons. The third-order valence-electron chi connectivity index (χ3n) is 2.82. The first-order chi connectivity index (χ1) is 9.65. The number of carbonyl (C=O) groups excluding carboxylic acids is 2. The summed E-state index contributed by atoms with van der Waals surface area (Å²) in [5, 5.41) is 5.53. The van der Waals surface area contributed by atoms with Crippen LogP contribution in [0.15, 0.2) is 10.5 Å². The van der Waals surface area contributed by atoms with Crippen LogP contribution in [-0.2, 0) is 9.53 Å². The number of hydrogen-bond donors (Lipinski definition) is 0. The highest BCUT2D eigenvalue weighted by Gasteiger charge is 2.32. The average molecular weight is 295 g/mol. The van der Waals surface area contributed by atoms with Gasteiger partial charge in [0.25, 0.3) is 0 Å². The molecule has 2 heterocycles. The number of rotatable bonds is 5. The number of carbonyl (C=O) groups is 2. The lowest BCUT2D eigenvalue weighted by molar-refractivity contribution is -0.117. The molecule has 0 N–H and O–H groups in total. The topological polar surface area (TPSA) is 108 Å². The largest absolute Gasteiger partial charge is 0.461 e. The number of aromatic nitrogens is 1. The number of esters is 1. The number of thiazole rings is 1. The van der Waals surface area contributed by atoms with Gasteiger partial charge in [0, 0.05) is 29.8 Å². The van der Waals surface area contributed by atoms with Crippen molar-refractivity contribution in [2.45, 2.75) is 13.3 Å². The van der Waals surface area contributed by atoms with Gasteiger partial charge in [-0.25, -0.2) is 9.78 Å². The van der Waals surface area contributed by atoms with Gasteiger partial charge in [-0.3, -0.25) is 9.69 Å². The van der Waals surface area contributed by atoms with Crippen molar-refractivity contribution < 1.29 is 14.3 Å². The van der Waals surface area contributed by atoms with E-state index in [9.17, 15) is 9.59 Å². The van der Waals surface area contributed by atoms with E-state index in [-0.39, 0.29) is 30.7 Å². The molecule has 8 nitrogen and oxygen atoms in total. The lowest BCUT2D eigenvalue weighted by Gasteiger charge is -2.11. The molecule has 0 aliphatic carbocycles. The second-order valence-corrected chi connectivity index (χ2v) is 5.06. The van der Waals surface area contributed by atoms with Crippen molar-refractivity contribution in [3.05, 3.63) is 21.5 Å². The van der Waals surface area contributed by atoms with Gasteiger partial charge in [-0.15, -0.1) is 11.3 Å². The quantitative estimate of drug-likeness (QED) is 0.358. The predicted octanol–water partition coefficient (Wildman–Crippen LogP) is 1.98. The molecule has 1 atom stereocenters. The van der Waals surface area contributed by atoms with E-state index in [1.807, 2.05) is 0 Å². The van der Waals surface area contributed by atoms with Gasteiger partial charge in [-0.2, -0.15) is 0 Å². The van der Waals surface area contributed by atoms with Crippen LogP contribution in [0.3, 0.4) is 0 Å². The van der Waals surface area contributed by atoms with Gasteiger partial charge in [-0.1, -0.05) is 5.11 Å². The van der Waals surface area contributed by atoms with Crippen LogP contribution in [0.2, 0.25) is 0 Å². The molecule has 1 unspecified atom stereocenters. The van der Waals surface area contributed by atoms with E-state index in [2.05, 4.69) is 15.0 Å². The molecule has 106 valence electrons. The van der Waals surface area contributed by atoms with Crippen LogP contribution in [0, 0.1) is 5.92 Å². The normalized spacial score (nSPS) is 17.9. The van der Waals surface area contributed by atoms with Crippen molar-refractivity contribution in [3.8, 4) is 0 Å². The minimum absolute atomic E-state index is 0.00616. The fourth-order valence-corrected chi connectivity index (χ4v) is 2.75. The Balaban J connectivity index is 2.06. The van der Waals surface area contributed by atoms with Crippen molar-refractivity contribution >= 4 is 28.3 Å². The highest BCUT2D eigenvalue weighted by atomic mass is 32.1. The van der Waals surface area contributed by atoms with Gasteiger partial charge in [-0.05, 0) is 18.4 Å². The molecule has 1 aliphatic rings. The molecule has 0 saturated carbocycles. The molecule has 1 saturated heterocycles. The molecular formula is C11H13N5O3S. The number of ether oxygens (including phenoxy) is 1. The number of amides is 1. The molecule has 0 aromatic carbocycles. The lowest BCUT2D eigenvalue weighted by Crippen LogP contribution is -2.24. The molecule has 2 rings (SSSR count). The molecule has 9 heteroatoms. The van der Waals surface area contributed by atoms with E-state index in [0.29, 0.717) is 18.1 Å². The van der Waals surface area contributed by atoms with Gasteiger partial charge in [0.15, 0.2) is 10.8 Å². The summed E-state index contributed by atoms with van der Waals surface area (Å²) in [6.45, 7) is 2.74. The van der Waals surface area contributed by atoms with E-state index < -0.39 is 5.97 Å². The van der Waals surface area contributed by atoms with Gasteiger partial charge < -0.3 is 4.74 Å². The molecular weight excluding hydrogens is 282 g/mol. The van der Waals surface area contributed by atoms with Crippen LogP contribution in [0.1, 0.15) is 23.8 Å². The molecule has 1 aromatic heterocycles. The van der Waals surface area contributed by atoms with Crippen LogP contribution < -0.4 is 4.90 Å². The maximum absolute atomic E-state index is 11.9. The Morgan fingerprint density at radius 3 is 3.25 bits per heavy atom. The SMILES string of the molecule is CCOC(=O)c1csc(N2CC(CN=[N+]=[N-])CC2=O)n1. The van der Waals surface area contributed by atoms with Crippen LogP contribution in [-0.4, -0.2) is 36.6 Å². The molecule has 0 spiro atoms. The number of nitrogens with zero attached hydrogens (tertiary/aromatic N) is 5. The van der Waals surface area contributed by atoms with Gasteiger partial charge in [0.2, 0.25) is 5.91 Å². The van der Waals surface area contributed by atoms with Crippen LogP contribution >= 0.6 is 11.3 Å². The summed E-state index contributed by atoms with van der Waals surface area (Å²) in [5.41, 5.74) is 8.50. The van der Waals surface area contributed by atoms with E-state index in [1.165, 1.54) is 16.2 Å². The van der Waals surface area contributed by atoms with Crippen molar-refractivity contribution in [1.29, 1.82) is 0 Å². The van der Waals surface area contributed by atoms with Crippen molar-refractivity contribution in [2.75, 3.05) is 24.6 Å². The Morgan fingerprint density at radius 1 is 1.75 bits per heavy atom. The third-order valence-corrected chi connectivity index (χ3v) is 3.68. The van der Waals surface area contributed by atoms with Crippen molar-refractivity contribution in [1.82, 2.24) is 4.98 Å². The summed E-state index contributed by atoms with van der Waals surface area (Å²) in [7, 11) is 0. The Hall–Kier alpha value is -2.12. The minimum Gasteiger partial charge on any atom is -0.461 e. The van der Waals surface area contributed by atoms with E-state index in [1.54, 1.807) is 12.3 Å². The Bertz CT molecular complexity index is 566. The van der Waals surface area contributed by atoms with Crippen LogP contribution in [0.4, 0.5) is 5.13 Å². The fraction of sp³-hybridized carbons (Fsp3) is 0.545. The highest BCUT2D eigenvalue weighted by molar-refractivity contribution is 7.14. The predicted molar refractivity (Wildman–Crippen MR) is 72.5 cm³/mol. The lowest BCUT2D eigenvalue weighted by atomic mass is 10.1. The molecule has 1 aromatic rings. The van der Waals surface area contributed by atoms with Crippen molar-refractivity contribution in [3.63, 3.8) is 0 Å². The Labute approximate surface area is 119 Å². The second kappa shape index (κ2) is 6.36. The van der Waals surface area contributed by atoms with Gasteiger partial charge in [0.1, 0.15) is 0 Å². The molecule has 1 aliphatic heterocycles. The summed E-state index contributed by atoms with van der Waals surface area (Å²) in [6, 6.07) is 0. The summed E-state index contributed by atoms with van der Waals surface area (Å²) in [6.07, 6.45) is 0.327. The smallest absolute Gasteiger partial charge is 0.357 e. The molecule has 20 heavy (non-hydrogen) atoms. The first-order valence-electron chi connectivity index (χ1n) is 6.09. The summed E-state index contributed by atoms with van der Waals surface area (Å²) in [5.74, 6) is -0.575. The monoisotopic (exact) mass is 295 g/mol. The molecule has 1 fully saturated rings. The first kappa shape index (κ1) is 14.3. The standard InChI is InChI=1S/C11H13N5O3S/c1-2-19-10(18)8-6-20-11(14-8)16-5-7(3-9(16)17)4-13-15-12/h6-7H,2-5H2,1H3. The van der Waals surface area contributed by atoms with Gasteiger partial charge in [0.05, 0.1) is 6.61 Å². The first-order valence-corrected chi connectivity index (χ1v) is 6.97. The van der Waals surface area contributed by atoms with E-state index in [4.69, 9.17) is 10.3 Å². The van der Waals surface area contributed by atoms with E-state index in [0.717, 1.165) is 0 Å². The maximum atomic E-state index is 11.9. The molecule has 1 amide bonds. The zero-order valence-corrected chi connectivity index (χ0v) is 11.7. The average Bonchev–Trinajstić information content (AvgIpc) is 3.03. The minimum atomic E-state index is -0.493. The molecule has 0 bridgehead atoms. The summed E-state index contributed by atoms with van der Waals surface area (Å²) in [4.78, 5) is 31.7. The Kier molecular flexibility index (Phi) is 4.54. The number of hydrogen-bond acceptors (Lipinski definition) is 6. The third kappa shape index (κ3) is 3.06. The fourth-order valence-electron chi connectivity index (χ4n) is 1.93. The zero-order valence-electron chi connectivity index (χ0n) is 10.9.